The first kappa shape index (κ1) is 19.9. The van der Waals surface area contributed by atoms with Crippen molar-refractivity contribution in [1.82, 2.24) is 18.7 Å². The predicted octanol–water partition coefficient (Wildman–Crippen LogP) is -0.799. The molecule has 0 amide bonds. The molecule has 0 aliphatic carbocycles. The van der Waals surface area contributed by atoms with Gasteiger partial charge in [0.1, 0.15) is 11.5 Å². The van der Waals surface area contributed by atoms with Gasteiger partial charge < -0.3 is 10.6 Å². The number of benzene rings is 1. The fourth-order valence-electron chi connectivity index (χ4n) is 3.12. The van der Waals surface area contributed by atoms with Gasteiger partial charge in [0.15, 0.2) is 0 Å². The molecule has 10 nitrogen and oxygen atoms in total. The first-order chi connectivity index (χ1) is 13.7. The SMILES string of the molecule is CN(Cc1cc(=O)n(C)c(=O)n1C)c1c(N)n(Cc2ccccc2)c(=O)[nH]c1=O. The fourth-order valence-corrected chi connectivity index (χ4v) is 3.12. The van der Waals surface area contributed by atoms with Gasteiger partial charge in [-0.3, -0.25) is 28.3 Å². The summed E-state index contributed by atoms with van der Waals surface area (Å²) in [7, 11) is 4.52. The average molecular weight is 398 g/mol. The number of hydrogen-bond donors (Lipinski definition) is 2. The van der Waals surface area contributed by atoms with Crippen LogP contribution in [0.15, 0.2) is 55.6 Å². The molecule has 3 N–H and O–H groups in total. The lowest BCUT2D eigenvalue weighted by Crippen LogP contribution is -2.40. The van der Waals surface area contributed by atoms with E-state index in [1.165, 1.54) is 34.2 Å². The minimum Gasteiger partial charge on any atom is -0.383 e. The molecule has 0 fully saturated rings. The molecule has 0 radical (unpaired) electrons. The number of anilines is 2. The lowest BCUT2D eigenvalue weighted by molar-refractivity contribution is 0.642. The Hall–Kier alpha value is -3.82. The Morgan fingerprint density at radius 1 is 1.03 bits per heavy atom. The van der Waals surface area contributed by atoms with E-state index in [4.69, 9.17) is 5.73 Å². The fraction of sp³-hybridized carbons (Fsp3) is 0.263. The highest BCUT2D eigenvalue weighted by Crippen LogP contribution is 2.17. The van der Waals surface area contributed by atoms with E-state index in [2.05, 4.69) is 4.98 Å². The molecule has 3 rings (SSSR count). The van der Waals surface area contributed by atoms with E-state index in [1.54, 1.807) is 7.05 Å². The van der Waals surface area contributed by atoms with Crippen LogP contribution < -0.4 is 33.1 Å². The topological polar surface area (TPSA) is 128 Å². The van der Waals surface area contributed by atoms with Crippen LogP contribution in [0.5, 0.6) is 0 Å². The van der Waals surface area contributed by atoms with Crippen LogP contribution in [0, 0.1) is 0 Å². The number of aromatic amines is 1. The van der Waals surface area contributed by atoms with Gasteiger partial charge in [-0.1, -0.05) is 30.3 Å². The monoisotopic (exact) mass is 398 g/mol. The standard InChI is InChI=1S/C19H22N6O4/c1-22(11-13-9-14(26)24(3)19(29)23(13)2)15-16(20)25(18(28)21-17(15)27)10-12-7-5-4-6-8-12/h4-9H,10-11,20H2,1-3H3,(H,21,27,28). The summed E-state index contributed by atoms with van der Waals surface area (Å²) >= 11 is 0. The van der Waals surface area contributed by atoms with Crippen LogP contribution in [0.4, 0.5) is 11.5 Å². The molecule has 0 saturated carbocycles. The Morgan fingerprint density at radius 2 is 1.69 bits per heavy atom. The zero-order valence-corrected chi connectivity index (χ0v) is 16.4. The minimum atomic E-state index is -0.645. The Labute approximate surface area is 165 Å². The Balaban J connectivity index is 2.04. The number of H-pyrrole nitrogens is 1. The Bertz CT molecular complexity index is 1280. The molecule has 0 aliphatic rings. The first-order valence-corrected chi connectivity index (χ1v) is 8.84. The van der Waals surface area contributed by atoms with Crippen molar-refractivity contribution in [3.8, 4) is 0 Å². The molecule has 0 saturated heterocycles. The van der Waals surface area contributed by atoms with Gasteiger partial charge in [0.2, 0.25) is 0 Å². The van der Waals surface area contributed by atoms with Crippen molar-refractivity contribution >= 4 is 11.5 Å². The van der Waals surface area contributed by atoms with E-state index >= 15 is 0 Å². The van der Waals surface area contributed by atoms with Gasteiger partial charge in [0.25, 0.3) is 11.1 Å². The summed E-state index contributed by atoms with van der Waals surface area (Å²) in [6.45, 7) is 0.256. The third-order valence-corrected chi connectivity index (χ3v) is 4.80. The van der Waals surface area contributed by atoms with Crippen molar-refractivity contribution in [3.05, 3.63) is 89.3 Å². The van der Waals surface area contributed by atoms with Crippen LogP contribution in [0.2, 0.25) is 0 Å². The number of aromatic nitrogens is 4. The van der Waals surface area contributed by atoms with Crippen molar-refractivity contribution in [2.75, 3.05) is 17.7 Å². The van der Waals surface area contributed by atoms with E-state index in [1.807, 2.05) is 30.3 Å². The van der Waals surface area contributed by atoms with E-state index in [0.29, 0.717) is 5.69 Å². The smallest absolute Gasteiger partial charge is 0.330 e. The second-order valence-corrected chi connectivity index (χ2v) is 6.80. The third kappa shape index (κ3) is 3.77. The van der Waals surface area contributed by atoms with Gasteiger partial charge >= 0.3 is 11.4 Å². The lowest BCUT2D eigenvalue weighted by Gasteiger charge is -2.23. The highest BCUT2D eigenvalue weighted by atomic mass is 16.2. The molecular weight excluding hydrogens is 376 g/mol. The maximum Gasteiger partial charge on any atom is 0.330 e. The minimum absolute atomic E-state index is 0.000985. The van der Waals surface area contributed by atoms with Gasteiger partial charge in [-0.25, -0.2) is 9.59 Å². The summed E-state index contributed by atoms with van der Waals surface area (Å²) < 4.78 is 3.58. The van der Waals surface area contributed by atoms with Crippen molar-refractivity contribution in [2.24, 2.45) is 14.1 Å². The second-order valence-electron chi connectivity index (χ2n) is 6.80. The predicted molar refractivity (Wildman–Crippen MR) is 110 cm³/mol. The van der Waals surface area contributed by atoms with Crippen LogP contribution in [-0.2, 0) is 27.2 Å². The van der Waals surface area contributed by atoms with Crippen LogP contribution in [0.3, 0.4) is 0 Å². The summed E-state index contributed by atoms with van der Waals surface area (Å²) in [6, 6.07) is 10.5. The molecule has 0 unspecified atom stereocenters. The summed E-state index contributed by atoms with van der Waals surface area (Å²) in [5.41, 5.74) is 5.31. The van der Waals surface area contributed by atoms with Crippen molar-refractivity contribution < 1.29 is 0 Å². The molecule has 3 aromatic rings. The molecule has 10 heteroatoms. The molecule has 2 aromatic heterocycles. The van der Waals surface area contributed by atoms with E-state index in [0.717, 1.165) is 10.1 Å². The molecule has 29 heavy (non-hydrogen) atoms. The van der Waals surface area contributed by atoms with Gasteiger partial charge in [-0.2, -0.15) is 0 Å². The number of hydrogen-bond acceptors (Lipinski definition) is 6. The quantitative estimate of drug-likeness (QED) is 0.579. The van der Waals surface area contributed by atoms with Gasteiger partial charge in [-0.05, 0) is 5.56 Å². The van der Waals surface area contributed by atoms with Gasteiger partial charge in [0.05, 0.1) is 13.1 Å². The summed E-state index contributed by atoms with van der Waals surface area (Å²) in [5.74, 6) is -0.000985. The highest BCUT2D eigenvalue weighted by molar-refractivity contribution is 5.62. The van der Waals surface area contributed by atoms with E-state index in [9.17, 15) is 19.2 Å². The zero-order valence-electron chi connectivity index (χ0n) is 16.4. The van der Waals surface area contributed by atoms with E-state index in [-0.39, 0.29) is 24.6 Å². The molecule has 0 spiro atoms. The molecule has 0 bridgehead atoms. The van der Waals surface area contributed by atoms with Crippen LogP contribution in [-0.4, -0.2) is 25.7 Å². The normalized spacial score (nSPS) is 10.9. The van der Waals surface area contributed by atoms with Crippen LogP contribution >= 0.6 is 0 Å². The number of nitrogens with one attached hydrogen (secondary N) is 1. The summed E-state index contributed by atoms with van der Waals surface area (Å²) in [4.78, 5) is 52.6. The van der Waals surface area contributed by atoms with Crippen LogP contribution in [0.1, 0.15) is 11.3 Å². The maximum absolute atomic E-state index is 12.4. The summed E-state index contributed by atoms with van der Waals surface area (Å²) in [5, 5.41) is 0. The second kappa shape index (κ2) is 7.66. The third-order valence-electron chi connectivity index (χ3n) is 4.80. The molecule has 1 aromatic carbocycles. The van der Waals surface area contributed by atoms with Crippen molar-refractivity contribution in [2.45, 2.75) is 13.1 Å². The number of nitrogens with two attached hydrogens (primary N) is 1. The lowest BCUT2D eigenvalue weighted by atomic mass is 10.2. The molecule has 152 valence electrons. The van der Waals surface area contributed by atoms with Crippen molar-refractivity contribution in [1.29, 1.82) is 0 Å². The Kier molecular flexibility index (Phi) is 5.26. The molecule has 0 aliphatic heterocycles. The molecule has 2 heterocycles. The van der Waals surface area contributed by atoms with Crippen molar-refractivity contribution in [3.63, 3.8) is 0 Å². The molecule has 0 atom stereocenters. The van der Waals surface area contributed by atoms with Gasteiger partial charge in [0, 0.05) is 32.9 Å². The summed E-state index contributed by atoms with van der Waals surface area (Å²) in [6.07, 6.45) is 0. The largest absolute Gasteiger partial charge is 0.383 e. The highest BCUT2D eigenvalue weighted by Gasteiger charge is 2.18. The van der Waals surface area contributed by atoms with E-state index < -0.39 is 22.5 Å². The maximum atomic E-state index is 12.4. The van der Waals surface area contributed by atoms with Crippen LogP contribution in [0.25, 0.3) is 0 Å². The molecular formula is C19H22N6O4. The van der Waals surface area contributed by atoms with Gasteiger partial charge in [-0.15, -0.1) is 0 Å². The number of nitrogen functional groups attached to an aromatic ring is 1. The average Bonchev–Trinajstić information content (AvgIpc) is 2.68. The first-order valence-electron chi connectivity index (χ1n) is 8.84. The zero-order chi connectivity index (χ0) is 21.3. The number of rotatable bonds is 5. The number of nitrogens with zero attached hydrogens (tertiary/aromatic N) is 4. The Morgan fingerprint density at radius 3 is 2.34 bits per heavy atom.